The Bertz CT molecular complexity index is 1420. The number of fused-ring (bicyclic) bond motifs is 3. The van der Waals surface area contributed by atoms with Gasteiger partial charge in [0, 0.05) is 0 Å². The van der Waals surface area contributed by atoms with Crippen molar-refractivity contribution in [1.82, 2.24) is 0 Å². The molecule has 1 atom stereocenters. The van der Waals surface area contributed by atoms with Crippen molar-refractivity contribution in [2.75, 3.05) is 0 Å². The van der Waals surface area contributed by atoms with Gasteiger partial charge in [-0.25, -0.2) is 5.57 Å². The van der Waals surface area contributed by atoms with E-state index in [4.69, 9.17) is 0 Å². The molecule has 4 aromatic rings. The third kappa shape index (κ3) is 12.1. The van der Waals surface area contributed by atoms with Gasteiger partial charge in [0.25, 0.3) is 0 Å². The van der Waals surface area contributed by atoms with E-state index in [1.54, 1.807) is 0 Å². The van der Waals surface area contributed by atoms with E-state index in [1.807, 2.05) is 36.4 Å². The van der Waals surface area contributed by atoms with Crippen LogP contribution in [0.15, 0.2) is 103 Å². The first-order valence-corrected chi connectivity index (χ1v) is 16.5. The number of allylic oxidation sites excluding steroid dienone is 4. The maximum atomic E-state index is 3.67. The first-order chi connectivity index (χ1) is 19.9. The van der Waals surface area contributed by atoms with Crippen molar-refractivity contribution < 1.29 is 24.2 Å². The number of hydrogen-bond acceptors (Lipinski definition) is 0. The zero-order valence-corrected chi connectivity index (χ0v) is 32.6. The molecule has 0 saturated heterocycles. The first kappa shape index (κ1) is 42.7. The summed E-state index contributed by atoms with van der Waals surface area (Å²) in [5.74, 6) is 0.468. The van der Waals surface area contributed by atoms with Crippen LogP contribution >= 0.6 is 24.8 Å². The summed E-state index contributed by atoms with van der Waals surface area (Å²) in [7, 11) is 0. The largest absolute Gasteiger partial charge is 0.358 e. The molecule has 2 aliphatic carbocycles. The van der Waals surface area contributed by atoms with Gasteiger partial charge in [0.2, 0.25) is 0 Å². The summed E-state index contributed by atoms with van der Waals surface area (Å²) in [6.45, 7) is 17.9. The van der Waals surface area contributed by atoms with E-state index in [0.717, 1.165) is 6.42 Å². The number of benzene rings is 4. The molecule has 0 fully saturated rings. The number of halogens is 2. The van der Waals surface area contributed by atoms with Gasteiger partial charge >= 0.3 is 28.4 Å². The average Bonchev–Trinajstić information content (AvgIpc) is 3.53. The second kappa shape index (κ2) is 19.4. The summed E-state index contributed by atoms with van der Waals surface area (Å²) in [5, 5.41) is 0. The molecule has 0 radical (unpaired) electrons. The molecule has 0 amide bonds. The van der Waals surface area contributed by atoms with Crippen LogP contribution in [0.2, 0.25) is 0 Å². The minimum Gasteiger partial charge on any atom is -0.358 e. The van der Waals surface area contributed by atoms with Gasteiger partial charge in [-0.2, -0.15) is 71.8 Å². The maximum Gasteiger partial charge on any atom is -0.171 e. The van der Waals surface area contributed by atoms with Crippen molar-refractivity contribution in [3.05, 3.63) is 156 Å². The molecule has 0 saturated carbocycles. The molecular weight excluding hydrogens is 667 g/mol. The third-order valence-electron chi connectivity index (χ3n) is 7.42. The summed E-state index contributed by atoms with van der Waals surface area (Å²) in [6, 6.07) is 38.2. The fourth-order valence-corrected chi connectivity index (χ4v) is 5.14. The van der Waals surface area contributed by atoms with Crippen molar-refractivity contribution >= 4 is 34.6 Å². The molecule has 0 N–H and O–H groups in total. The molecule has 1 unspecified atom stereocenters. The summed E-state index contributed by atoms with van der Waals surface area (Å²) >= 11 is 1.30. The van der Waals surface area contributed by atoms with Crippen molar-refractivity contribution in [1.29, 1.82) is 0 Å². The second-order valence-electron chi connectivity index (χ2n) is 12.9. The second-order valence-corrected chi connectivity index (χ2v) is 12.9. The van der Waals surface area contributed by atoms with Crippen molar-refractivity contribution in [2.24, 2.45) is 5.92 Å². The Morgan fingerprint density at radius 3 is 1.80 bits per heavy atom. The molecule has 240 valence electrons. The maximum absolute atomic E-state index is 3.67. The van der Waals surface area contributed by atoms with E-state index < -0.39 is 0 Å². The van der Waals surface area contributed by atoms with E-state index in [1.165, 1.54) is 74.3 Å². The van der Waals surface area contributed by atoms with Crippen LogP contribution in [-0.2, 0) is 41.5 Å². The average molecular weight is 717 g/mol. The van der Waals surface area contributed by atoms with Crippen molar-refractivity contribution in [2.45, 2.75) is 72.6 Å². The molecule has 6 rings (SSSR count). The van der Waals surface area contributed by atoms with Crippen LogP contribution in [-0.4, -0.2) is 4.21 Å². The third-order valence-corrected chi connectivity index (χ3v) is 7.42. The van der Waals surface area contributed by atoms with Gasteiger partial charge in [-0.05, 0) is 28.4 Å². The molecule has 0 aliphatic heterocycles. The van der Waals surface area contributed by atoms with E-state index in [-0.39, 0.29) is 43.1 Å². The van der Waals surface area contributed by atoms with Crippen LogP contribution < -0.4 is 0 Å². The van der Waals surface area contributed by atoms with Crippen LogP contribution in [0, 0.1) is 31.6 Å². The Labute approximate surface area is 302 Å². The predicted octanol–water partition coefficient (Wildman–Crippen LogP) is 11.9. The quantitative estimate of drug-likeness (QED) is 0.152. The summed E-state index contributed by atoms with van der Waals surface area (Å²) in [4.78, 5) is 0. The Balaban J connectivity index is 0.000000692. The molecule has 0 aromatic heterocycles. The monoisotopic (exact) mass is 714 g/mol. The molecule has 2 aliphatic rings. The first-order valence-electron chi connectivity index (χ1n) is 14.8. The van der Waals surface area contributed by atoms with Gasteiger partial charge < -0.3 is 7.43 Å². The predicted molar refractivity (Wildman–Crippen MR) is 200 cm³/mol. The van der Waals surface area contributed by atoms with E-state index in [0.29, 0.717) is 5.92 Å². The van der Waals surface area contributed by atoms with E-state index in [9.17, 15) is 0 Å². The van der Waals surface area contributed by atoms with E-state index in [2.05, 4.69) is 138 Å². The SMILES string of the molecule is CC(C)(C)c1[c-]c2c(cc1)-c1ccc(C(C)(C)C)cc1C2.CC1=[C-]C(C)C=C1c1ccccc1.Cl.Cl.[CH2]=[Zr].[CH3-].[c-]1ccccc1. The molecule has 4 aromatic carbocycles. The topological polar surface area (TPSA) is 0 Å². The van der Waals surface area contributed by atoms with Gasteiger partial charge in [-0.3, -0.25) is 6.08 Å². The van der Waals surface area contributed by atoms with Crippen LogP contribution in [0.25, 0.3) is 16.7 Å². The van der Waals surface area contributed by atoms with Crippen LogP contribution in [0.3, 0.4) is 0 Å². The number of hydrogen-bond donors (Lipinski definition) is 0. The molecule has 0 nitrogen and oxygen atoms in total. The molecule has 0 bridgehead atoms. The summed E-state index contributed by atoms with van der Waals surface area (Å²) in [6.07, 6.45) is 6.68. The van der Waals surface area contributed by atoms with E-state index >= 15 is 0 Å². The Morgan fingerprint density at radius 1 is 0.756 bits per heavy atom. The van der Waals surface area contributed by atoms with Crippen LogP contribution in [0.4, 0.5) is 0 Å². The fraction of sp³-hybridized carbons (Fsp3) is 0.286. The van der Waals surface area contributed by atoms with Crippen molar-refractivity contribution in [3.63, 3.8) is 0 Å². The standard InChI is InChI=1S/C21H25.C13H13.C6H5.CH3.CH2.2ClH.Zr/c1-20(2,3)16-7-9-18-14(12-16)11-15-13-17(21(4,5)6)8-10-19(15)18;1-10-8-11(2)13(9-10)12-6-4-3-5-7-12;1-2-4-6-5-3-1;;;;;/h7-10,12H,11H2,1-6H3;3-7,9-10H,1-2H3;1-5H;1H3;1H2;2*1H;/q4*-1;;;;. The Kier molecular flexibility index (Phi) is 18.4. The fourth-order valence-electron chi connectivity index (χ4n) is 5.14. The minimum atomic E-state index is 0. The summed E-state index contributed by atoms with van der Waals surface area (Å²) in [5.41, 5.74) is 12.6. The summed E-state index contributed by atoms with van der Waals surface area (Å²) < 4.78 is 3.34. The smallest absolute Gasteiger partial charge is 0.171 e. The molecule has 45 heavy (non-hydrogen) atoms. The zero-order valence-electron chi connectivity index (χ0n) is 28.5. The van der Waals surface area contributed by atoms with Crippen molar-refractivity contribution in [3.8, 4) is 11.1 Å². The van der Waals surface area contributed by atoms with Gasteiger partial charge in [0.05, 0.1) is 0 Å². The minimum absolute atomic E-state index is 0. The molecule has 3 heteroatoms. The Morgan fingerprint density at radius 2 is 1.33 bits per heavy atom. The van der Waals surface area contributed by atoms with Gasteiger partial charge in [0.15, 0.2) is 0 Å². The van der Waals surface area contributed by atoms with Gasteiger partial charge in [-0.1, -0.05) is 115 Å². The molecular formula is C42H50Cl2Zr-4. The normalized spacial score (nSPS) is 13.8. The van der Waals surface area contributed by atoms with Crippen LogP contribution in [0.5, 0.6) is 0 Å². The van der Waals surface area contributed by atoms with Crippen LogP contribution in [0.1, 0.15) is 83.2 Å². The zero-order chi connectivity index (χ0) is 30.9. The molecule has 0 heterocycles. The number of rotatable bonds is 1. The Hall–Kier alpha value is -2.31. The molecule has 0 spiro atoms. The van der Waals surface area contributed by atoms with Gasteiger partial charge in [0.1, 0.15) is 0 Å². The van der Waals surface area contributed by atoms with Gasteiger partial charge in [-0.15, -0.1) is 41.5 Å².